The van der Waals surface area contributed by atoms with Crippen molar-refractivity contribution in [2.24, 2.45) is 0 Å². The van der Waals surface area contributed by atoms with Crippen LogP contribution in [0.1, 0.15) is 17.4 Å². The number of amides is 1. The molecule has 1 N–H and O–H groups in total. The molecular formula is C18H15N7O2S. The van der Waals surface area contributed by atoms with Gasteiger partial charge in [0.1, 0.15) is 11.4 Å². The van der Waals surface area contributed by atoms with Crippen molar-refractivity contribution in [3.63, 3.8) is 0 Å². The fourth-order valence-corrected chi connectivity index (χ4v) is 3.13. The van der Waals surface area contributed by atoms with Crippen molar-refractivity contribution in [1.82, 2.24) is 29.9 Å². The highest BCUT2D eigenvalue weighted by Gasteiger charge is 2.17. The average molecular weight is 393 g/mol. The van der Waals surface area contributed by atoms with E-state index in [1.165, 1.54) is 22.2 Å². The van der Waals surface area contributed by atoms with Gasteiger partial charge in [-0.25, -0.2) is 9.97 Å². The van der Waals surface area contributed by atoms with Crippen LogP contribution in [0.25, 0.3) is 17.2 Å². The first-order chi connectivity index (χ1) is 13.7. The molecular weight excluding hydrogens is 378 g/mol. The van der Waals surface area contributed by atoms with Gasteiger partial charge in [0.2, 0.25) is 0 Å². The van der Waals surface area contributed by atoms with Crippen molar-refractivity contribution in [3.8, 4) is 23.0 Å². The lowest BCUT2D eigenvalue weighted by atomic mass is 10.3. The van der Waals surface area contributed by atoms with Crippen LogP contribution in [-0.2, 0) is 0 Å². The van der Waals surface area contributed by atoms with Crippen LogP contribution in [0.3, 0.4) is 0 Å². The van der Waals surface area contributed by atoms with Gasteiger partial charge in [-0.05, 0) is 31.2 Å². The van der Waals surface area contributed by atoms with E-state index in [0.29, 0.717) is 34.7 Å². The minimum Gasteiger partial charge on any atom is -0.492 e. The van der Waals surface area contributed by atoms with Gasteiger partial charge in [0.25, 0.3) is 5.91 Å². The largest absolute Gasteiger partial charge is 0.492 e. The van der Waals surface area contributed by atoms with Gasteiger partial charge in [-0.3, -0.25) is 15.1 Å². The monoisotopic (exact) mass is 393 g/mol. The molecule has 0 unspecified atom stereocenters. The lowest BCUT2D eigenvalue weighted by Crippen LogP contribution is -2.17. The predicted molar refractivity (Wildman–Crippen MR) is 104 cm³/mol. The quantitative estimate of drug-likeness (QED) is 0.537. The molecule has 0 radical (unpaired) electrons. The summed E-state index contributed by atoms with van der Waals surface area (Å²) in [6.45, 7) is 2.50. The predicted octanol–water partition coefficient (Wildman–Crippen LogP) is 2.83. The molecule has 1 amide bonds. The van der Waals surface area contributed by atoms with E-state index in [4.69, 9.17) is 4.74 Å². The summed E-state index contributed by atoms with van der Waals surface area (Å²) in [6.07, 6.45) is 4.65. The lowest BCUT2D eigenvalue weighted by molar-refractivity contribution is 0.101. The summed E-state index contributed by atoms with van der Waals surface area (Å²) in [5, 5.41) is 12.8. The molecule has 0 aromatic carbocycles. The molecule has 0 saturated heterocycles. The normalized spacial score (nSPS) is 10.6. The van der Waals surface area contributed by atoms with Gasteiger partial charge in [0.15, 0.2) is 16.6 Å². The van der Waals surface area contributed by atoms with Crippen molar-refractivity contribution >= 4 is 22.4 Å². The summed E-state index contributed by atoms with van der Waals surface area (Å²) in [5.74, 6) is 0.824. The highest BCUT2D eigenvalue weighted by molar-refractivity contribution is 7.14. The van der Waals surface area contributed by atoms with Gasteiger partial charge in [0.05, 0.1) is 24.7 Å². The molecule has 0 aliphatic carbocycles. The lowest BCUT2D eigenvalue weighted by Gasteiger charge is -2.04. The molecule has 4 aromatic heterocycles. The Kier molecular flexibility index (Phi) is 5.02. The number of hydrogen-bond acceptors (Lipinski definition) is 8. The number of nitrogens with zero attached hydrogens (tertiary/aromatic N) is 6. The second-order valence-corrected chi connectivity index (χ2v) is 6.38. The van der Waals surface area contributed by atoms with E-state index in [1.807, 2.05) is 30.5 Å². The van der Waals surface area contributed by atoms with Gasteiger partial charge in [-0.15, -0.1) is 16.4 Å². The Labute approximate surface area is 164 Å². The Balaban J connectivity index is 1.50. The molecule has 28 heavy (non-hydrogen) atoms. The van der Waals surface area contributed by atoms with Crippen molar-refractivity contribution in [2.75, 3.05) is 11.9 Å². The molecule has 0 aliphatic rings. The highest BCUT2D eigenvalue weighted by atomic mass is 32.1. The van der Waals surface area contributed by atoms with E-state index in [9.17, 15) is 4.79 Å². The Bertz CT molecular complexity index is 1080. The van der Waals surface area contributed by atoms with Crippen LogP contribution in [-0.4, -0.2) is 42.5 Å². The van der Waals surface area contributed by atoms with Crippen LogP contribution in [0, 0.1) is 0 Å². The Morgan fingerprint density at radius 1 is 1.18 bits per heavy atom. The number of aromatic nitrogens is 6. The molecule has 0 aliphatic heterocycles. The van der Waals surface area contributed by atoms with Crippen molar-refractivity contribution < 1.29 is 9.53 Å². The molecule has 9 nitrogen and oxygen atoms in total. The Morgan fingerprint density at radius 3 is 2.86 bits per heavy atom. The molecule has 140 valence electrons. The molecule has 0 atom stereocenters. The number of carbonyl (C=O) groups excluding carboxylic acids is 1. The SMILES string of the molecule is CCOc1ccc(-c2csc(NC(=O)c3cnnn3-c3ccccn3)n2)nc1. The van der Waals surface area contributed by atoms with Crippen LogP contribution in [0.2, 0.25) is 0 Å². The van der Waals surface area contributed by atoms with Gasteiger partial charge >= 0.3 is 0 Å². The third-order valence-corrected chi connectivity index (χ3v) is 4.44. The van der Waals surface area contributed by atoms with Gasteiger partial charge in [-0.1, -0.05) is 11.3 Å². The number of hydrogen-bond donors (Lipinski definition) is 1. The first-order valence-electron chi connectivity index (χ1n) is 8.43. The van der Waals surface area contributed by atoms with Crippen molar-refractivity contribution in [1.29, 1.82) is 0 Å². The summed E-state index contributed by atoms with van der Waals surface area (Å²) in [7, 11) is 0. The standard InChI is InChI=1S/C18H15N7O2S/c1-2-27-12-6-7-13(20-9-12)14-11-28-18(22-14)23-17(26)15-10-21-24-25(15)16-5-3-4-8-19-16/h3-11H,2H2,1H3,(H,22,23,26). The summed E-state index contributed by atoms with van der Waals surface area (Å²) >= 11 is 1.31. The second kappa shape index (κ2) is 7.92. The van der Waals surface area contributed by atoms with Crippen molar-refractivity contribution in [3.05, 3.63) is 60.0 Å². The van der Waals surface area contributed by atoms with Gasteiger partial charge in [-0.2, -0.15) is 4.68 Å². The van der Waals surface area contributed by atoms with Crippen LogP contribution in [0.15, 0.2) is 54.3 Å². The molecule has 10 heteroatoms. The molecule has 0 spiro atoms. The first kappa shape index (κ1) is 17.7. The topological polar surface area (TPSA) is 108 Å². The zero-order valence-corrected chi connectivity index (χ0v) is 15.6. The average Bonchev–Trinajstić information content (AvgIpc) is 3.39. The smallest absolute Gasteiger partial charge is 0.277 e. The maximum absolute atomic E-state index is 12.6. The molecule has 4 aromatic rings. The summed E-state index contributed by atoms with van der Waals surface area (Å²) in [4.78, 5) is 25.6. The number of ether oxygens (including phenoxy) is 1. The number of nitrogens with one attached hydrogen (secondary N) is 1. The zero-order chi connectivity index (χ0) is 19.3. The van der Waals surface area contributed by atoms with Gasteiger partial charge in [0, 0.05) is 11.6 Å². The number of anilines is 1. The van der Waals surface area contributed by atoms with E-state index in [1.54, 1.807) is 24.5 Å². The number of carbonyl (C=O) groups is 1. The second-order valence-electron chi connectivity index (χ2n) is 5.52. The zero-order valence-electron chi connectivity index (χ0n) is 14.8. The third kappa shape index (κ3) is 3.71. The van der Waals surface area contributed by atoms with E-state index in [0.717, 1.165) is 0 Å². The Morgan fingerprint density at radius 2 is 2.11 bits per heavy atom. The summed E-state index contributed by atoms with van der Waals surface area (Å²) < 4.78 is 6.76. The first-order valence-corrected chi connectivity index (χ1v) is 9.31. The van der Waals surface area contributed by atoms with Gasteiger partial charge < -0.3 is 4.74 Å². The molecule has 4 rings (SSSR count). The van der Waals surface area contributed by atoms with Crippen LogP contribution >= 0.6 is 11.3 Å². The summed E-state index contributed by atoms with van der Waals surface area (Å²) in [6, 6.07) is 8.99. The van der Waals surface area contributed by atoms with E-state index in [-0.39, 0.29) is 11.6 Å². The molecule has 0 fully saturated rings. The number of rotatable bonds is 6. The van der Waals surface area contributed by atoms with E-state index >= 15 is 0 Å². The third-order valence-electron chi connectivity index (χ3n) is 3.68. The summed E-state index contributed by atoms with van der Waals surface area (Å²) in [5.41, 5.74) is 1.62. The number of pyridine rings is 2. The van der Waals surface area contributed by atoms with E-state index < -0.39 is 0 Å². The van der Waals surface area contributed by atoms with Crippen molar-refractivity contribution in [2.45, 2.75) is 6.92 Å². The van der Waals surface area contributed by atoms with Crippen LogP contribution < -0.4 is 10.1 Å². The maximum atomic E-state index is 12.6. The van der Waals surface area contributed by atoms with E-state index in [2.05, 4.69) is 30.6 Å². The van der Waals surface area contributed by atoms with Crippen LogP contribution in [0.4, 0.5) is 5.13 Å². The maximum Gasteiger partial charge on any atom is 0.277 e. The Hall–Kier alpha value is -3.66. The fraction of sp³-hybridized carbons (Fsp3) is 0.111. The minimum absolute atomic E-state index is 0.259. The molecule has 0 bridgehead atoms. The highest BCUT2D eigenvalue weighted by Crippen LogP contribution is 2.25. The molecule has 0 saturated carbocycles. The fourth-order valence-electron chi connectivity index (χ4n) is 2.43. The van der Waals surface area contributed by atoms with Crippen LogP contribution in [0.5, 0.6) is 5.75 Å². The minimum atomic E-state index is -0.379. The number of thiazole rings is 1. The molecule has 4 heterocycles.